The number of fused-ring (bicyclic) bond motifs is 1. The number of aromatic amines is 1. The highest BCUT2D eigenvalue weighted by Crippen LogP contribution is 2.37. The average molecular weight is 292 g/mol. The van der Waals surface area contributed by atoms with Gasteiger partial charge in [-0.25, -0.2) is 0 Å². The van der Waals surface area contributed by atoms with Gasteiger partial charge in [0, 0.05) is 29.6 Å². The molecular formula is C15H11F3N2O. The van der Waals surface area contributed by atoms with Crippen molar-refractivity contribution in [1.82, 2.24) is 4.98 Å². The summed E-state index contributed by atoms with van der Waals surface area (Å²) in [6, 6.07) is 3.61. The van der Waals surface area contributed by atoms with Crippen LogP contribution in [0, 0.1) is 6.92 Å². The number of hydrogen-bond acceptors (Lipinski definition) is 2. The SMILES string of the molecule is Cc1cc(=O)[nH]cc1-c1cc(C(F)(F)F)cc2c1C=NC2. The van der Waals surface area contributed by atoms with Crippen LogP contribution in [0.2, 0.25) is 0 Å². The molecule has 1 aromatic heterocycles. The summed E-state index contributed by atoms with van der Waals surface area (Å²) in [5.41, 5.74) is 1.88. The van der Waals surface area contributed by atoms with Crippen LogP contribution < -0.4 is 5.56 Å². The second-order valence-electron chi connectivity index (χ2n) is 4.96. The largest absolute Gasteiger partial charge is 0.416 e. The fourth-order valence-corrected chi connectivity index (χ4v) is 2.48. The normalized spacial score (nSPS) is 13.5. The molecule has 0 saturated carbocycles. The first-order chi connectivity index (χ1) is 9.86. The zero-order chi connectivity index (χ0) is 15.2. The lowest BCUT2D eigenvalue weighted by Crippen LogP contribution is -2.09. The van der Waals surface area contributed by atoms with E-state index in [2.05, 4.69) is 9.98 Å². The van der Waals surface area contributed by atoms with Crippen LogP contribution in [-0.2, 0) is 12.7 Å². The molecule has 3 nitrogen and oxygen atoms in total. The van der Waals surface area contributed by atoms with E-state index in [-0.39, 0.29) is 12.1 Å². The molecule has 0 amide bonds. The molecule has 1 aromatic carbocycles. The number of benzene rings is 1. The molecule has 1 N–H and O–H groups in total. The quantitative estimate of drug-likeness (QED) is 0.861. The first-order valence-corrected chi connectivity index (χ1v) is 6.30. The molecule has 3 rings (SSSR count). The highest BCUT2D eigenvalue weighted by atomic mass is 19.4. The molecule has 0 saturated heterocycles. The second kappa shape index (κ2) is 4.58. The highest BCUT2D eigenvalue weighted by molar-refractivity contribution is 5.94. The van der Waals surface area contributed by atoms with Gasteiger partial charge in [-0.15, -0.1) is 0 Å². The van der Waals surface area contributed by atoms with E-state index >= 15 is 0 Å². The first-order valence-electron chi connectivity index (χ1n) is 6.30. The molecule has 0 atom stereocenters. The third kappa shape index (κ3) is 2.37. The third-order valence-corrected chi connectivity index (χ3v) is 3.50. The Kier molecular flexibility index (Phi) is 2.97. The Morgan fingerprint density at radius 3 is 2.62 bits per heavy atom. The third-order valence-electron chi connectivity index (χ3n) is 3.50. The predicted molar refractivity (Wildman–Crippen MR) is 73.5 cm³/mol. The molecule has 0 bridgehead atoms. The molecule has 1 aliphatic rings. The van der Waals surface area contributed by atoms with Crippen LogP contribution in [0.4, 0.5) is 13.2 Å². The molecule has 0 aliphatic carbocycles. The summed E-state index contributed by atoms with van der Waals surface area (Å²) in [7, 11) is 0. The number of H-pyrrole nitrogens is 1. The van der Waals surface area contributed by atoms with Gasteiger partial charge in [-0.3, -0.25) is 9.79 Å². The van der Waals surface area contributed by atoms with E-state index in [1.54, 1.807) is 13.1 Å². The number of hydrogen-bond donors (Lipinski definition) is 1. The van der Waals surface area contributed by atoms with Gasteiger partial charge in [-0.1, -0.05) is 0 Å². The Morgan fingerprint density at radius 2 is 1.95 bits per heavy atom. The van der Waals surface area contributed by atoms with E-state index in [1.807, 2.05) is 0 Å². The molecule has 1 aliphatic heterocycles. The van der Waals surface area contributed by atoms with Gasteiger partial charge in [0.2, 0.25) is 5.56 Å². The average Bonchev–Trinajstić information content (AvgIpc) is 2.85. The number of aliphatic imine (C=N–C) groups is 1. The summed E-state index contributed by atoms with van der Waals surface area (Å²) >= 11 is 0. The maximum Gasteiger partial charge on any atom is 0.416 e. The predicted octanol–water partition coefficient (Wildman–Crippen LogP) is 3.30. The number of aromatic nitrogens is 1. The maximum atomic E-state index is 13.0. The standard InChI is InChI=1S/C15H11F3N2O/c1-8-2-14(21)20-7-12(8)11-4-10(15(16,17)18)3-9-5-19-6-13(9)11/h2-4,6-7H,5H2,1H3,(H,20,21). The molecule has 0 spiro atoms. The maximum absolute atomic E-state index is 13.0. The molecule has 0 unspecified atom stereocenters. The molecule has 2 heterocycles. The van der Waals surface area contributed by atoms with Crippen molar-refractivity contribution in [3.8, 4) is 11.1 Å². The van der Waals surface area contributed by atoms with Crippen molar-refractivity contribution in [2.45, 2.75) is 19.6 Å². The number of pyridine rings is 1. The van der Waals surface area contributed by atoms with Crippen molar-refractivity contribution in [2.24, 2.45) is 4.99 Å². The Balaban J connectivity index is 2.28. The van der Waals surface area contributed by atoms with Gasteiger partial charge in [0.05, 0.1) is 12.1 Å². The van der Waals surface area contributed by atoms with Crippen molar-refractivity contribution in [2.75, 3.05) is 0 Å². The summed E-state index contributed by atoms with van der Waals surface area (Å²) < 4.78 is 39.1. The fraction of sp³-hybridized carbons (Fsp3) is 0.200. The molecule has 0 radical (unpaired) electrons. The van der Waals surface area contributed by atoms with Gasteiger partial charge in [0.15, 0.2) is 0 Å². The molecule has 6 heteroatoms. The number of nitrogens with one attached hydrogen (secondary N) is 1. The monoisotopic (exact) mass is 292 g/mol. The summed E-state index contributed by atoms with van der Waals surface area (Å²) in [5, 5.41) is 0. The van der Waals surface area contributed by atoms with Crippen molar-refractivity contribution in [3.05, 3.63) is 57.0 Å². The lowest BCUT2D eigenvalue weighted by Gasteiger charge is -2.14. The van der Waals surface area contributed by atoms with Gasteiger partial charge in [-0.05, 0) is 35.7 Å². The number of nitrogens with zero attached hydrogens (tertiary/aromatic N) is 1. The van der Waals surface area contributed by atoms with Crippen LogP contribution >= 0.6 is 0 Å². The van der Waals surface area contributed by atoms with Crippen molar-refractivity contribution < 1.29 is 13.2 Å². The minimum absolute atomic E-state index is 0.245. The first kappa shape index (κ1) is 13.6. The van der Waals surface area contributed by atoms with Gasteiger partial charge in [-0.2, -0.15) is 13.2 Å². The van der Waals surface area contributed by atoms with Crippen molar-refractivity contribution in [1.29, 1.82) is 0 Å². The fourth-order valence-electron chi connectivity index (χ4n) is 2.48. The van der Waals surface area contributed by atoms with E-state index in [0.29, 0.717) is 27.8 Å². The van der Waals surface area contributed by atoms with Gasteiger partial charge in [0.1, 0.15) is 0 Å². The van der Waals surface area contributed by atoms with Crippen molar-refractivity contribution in [3.63, 3.8) is 0 Å². The van der Waals surface area contributed by atoms with Crippen LogP contribution in [0.5, 0.6) is 0 Å². The van der Waals surface area contributed by atoms with E-state index in [1.165, 1.54) is 12.3 Å². The Labute approximate surface area is 118 Å². The zero-order valence-electron chi connectivity index (χ0n) is 11.1. The summed E-state index contributed by atoms with van der Waals surface area (Å²) in [4.78, 5) is 17.8. The summed E-state index contributed by atoms with van der Waals surface area (Å²) in [6.07, 6.45) is -1.39. The lowest BCUT2D eigenvalue weighted by atomic mass is 9.93. The van der Waals surface area contributed by atoms with Crippen molar-refractivity contribution >= 4 is 6.21 Å². The zero-order valence-corrected chi connectivity index (χ0v) is 11.1. The van der Waals surface area contributed by atoms with E-state index in [4.69, 9.17) is 0 Å². The van der Waals surface area contributed by atoms with Crippen LogP contribution in [0.25, 0.3) is 11.1 Å². The molecular weight excluding hydrogens is 281 g/mol. The van der Waals surface area contributed by atoms with Gasteiger partial charge in [0.25, 0.3) is 0 Å². The minimum Gasteiger partial charge on any atom is -0.328 e. The lowest BCUT2D eigenvalue weighted by molar-refractivity contribution is -0.137. The van der Waals surface area contributed by atoms with Crippen LogP contribution in [0.3, 0.4) is 0 Å². The Hall–Kier alpha value is -2.37. The van der Waals surface area contributed by atoms with E-state index in [9.17, 15) is 18.0 Å². The van der Waals surface area contributed by atoms with E-state index in [0.717, 1.165) is 12.1 Å². The molecule has 2 aromatic rings. The number of alkyl halides is 3. The molecule has 108 valence electrons. The Morgan fingerprint density at radius 1 is 1.19 bits per heavy atom. The number of halogens is 3. The summed E-state index contributed by atoms with van der Waals surface area (Å²) in [5.74, 6) is 0. The van der Waals surface area contributed by atoms with Crippen LogP contribution in [0.1, 0.15) is 22.3 Å². The van der Waals surface area contributed by atoms with Gasteiger partial charge < -0.3 is 4.98 Å². The summed E-state index contributed by atoms with van der Waals surface area (Å²) in [6.45, 7) is 1.94. The van der Waals surface area contributed by atoms with E-state index < -0.39 is 11.7 Å². The number of rotatable bonds is 1. The highest BCUT2D eigenvalue weighted by Gasteiger charge is 2.32. The minimum atomic E-state index is -4.41. The smallest absolute Gasteiger partial charge is 0.328 e. The number of aryl methyl sites for hydroxylation is 1. The van der Waals surface area contributed by atoms with Gasteiger partial charge >= 0.3 is 6.18 Å². The molecule has 0 fully saturated rings. The van der Waals surface area contributed by atoms with Crippen LogP contribution in [0.15, 0.2) is 34.2 Å². The topological polar surface area (TPSA) is 45.2 Å². The Bertz CT molecular complexity index is 804. The second-order valence-corrected chi connectivity index (χ2v) is 4.96. The molecule has 21 heavy (non-hydrogen) atoms. The van der Waals surface area contributed by atoms with Crippen LogP contribution in [-0.4, -0.2) is 11.2 Å².